The first-order valence-corrected chi connectivity index (χ1v) is 17.8. The molecule has 1 N–H and O–H groups in total. The number of carbonyl (C=O) groups is 4. The average Bonchev–Trinajstić information content (AvgIpc) is 3.25. The van der Waals surface area contributed by atoms with Crippen LogP contribution < -0.4 is 0 Å². The highest BCUT2D eigenvalue weighted by Gasteiger charge is 2.76. The average molecular weight is 695 g/mol. The molecule has 2 saturated carbocycles. The minimum Gasteiger partial charge on any atom is -0.462 e. The van der Waals surface area contributed by atoms with Gasteiger partial charge < -0.3 is 28.8 Å². The predicted molar refractivity (Wildman–Crippen MR) is 184 cm³/mol. The lowest BCUT2D eigenvalue weighted by atomic mass is 9.35. The van der Waals surface area contributed by atoms with E-state index in [4.69, 9.17) is 23.7 Å². The van der Waals surface area contributed by atoms with E-state index in [0.717, 1.165) is 16.7 Å². The summed E-state index contributed by atoms with van der Waals surface area (Å²) in [6.07, 6.45) is 4.24. The van der Waals surface area contributed by atoms with E-state index in [1.54, 1.807) is 6.92 Å². The summed E-state index contributed by atoms with van der Waals surface area (Å²) in [4.78, 5) is 51.6. The Morgan fingerprint density at radius 2 is 1.62 bits per heavy atom. The van der Waals surface area contributed by atoms with Crippen LogP contribution >= 0.6 is 0 Å². The number of esters is 4. The largest absolute Gasteiger partial charge is 0.462 e. The maximum absolute atomic E-state index is 13.2. The Morgan fingerprint density at radius 1 is 0.960 bits per heavy atom. The summed E-state index contributed by atoms with van der Waals surface area (Å²) in [5.74, 6) is -3.61. The van der Waals surface area contributed by atoms with E-state index in [1.165, 1.54) is 27.7 Å². The van der Waals surface area contributed by atoms with Crippen molar-refractivity contribution in [3.63, 3.8) is 0 Å². The number of ether oxygens (including phenoxy) is 5. The van der Waals surface area contributed by atoms with Crippen LogP contribution in [0.2, 0.25) is 0 Å². The minimum atomic E-state index is -1.30. The molecule has 1 heterocycles. The molecule has 50 heavy (non-hydrogen) atoms. The van der Waals surface area contributed by atoms with E-state index in [-0.39, 0.29) is 13.2 Å². The maximum Gasteiger partial charge on any atom is 0.303 e. The van der Waals surface area contributed by atoms with Crippen LogP contribution in [0.5, 0.6) is 0 Å². The molecule has 2 fully saturated rings. The molecule has 1 aliphatic heterocycles. The van der Waals surface area contributed by atoms with Gasteiger partial charge in [-0.05, 0) is 80.6 Å². The summed E-state index contributed by atoms with van der Waals surface area (Å²) < 4.78 is 30.9. The Labute approximate surface area is 295 Å². The summed E-state index contributed by atoms with van der Waals surface area (Å²) in [7, 11) is 0. The van der Waals surface area contributed by atoms with E-state index in [2.05, 4.69) is 32.1 Å². The van der Waals surface area contributed by atoms with E-state index in [1.807, 2.05) is 38.1 Å². The highest BCUT2D eigenvalue weighted by atomic mass is 16.6. The quantitative estimate of drug-likeness (QED) is 0.208. The van der Waals surface area contributed by atoms with Gasteiger partial charge in [0.05, 0.1) is 24.2 Å². The van der Waals surface area contributed by atoms with Gasteiger partial charge in [-0.25, -0.2) is 0 Å². The van der Waals surface area contributed by atoms with Crippen molar-refractivity contribution in [2.24, 2.45) is 34.0 Å². The monoisotopic (exact) mass is 694 g/mol. The standard InChI is InChI=1S/C40H54O10/c1-23-13-10-11-14-30(23)16-19-40(45)24(2)21-33(48-27(5)42)38(9)32(40)17-18-37(8)31-15-12-20-46-22-39(31,25(3)47-26(4)41)36(50-29(7)44)34(35(37)38)49-28(6)43/h10-15,21,25,31-36,45H,16-20,22H2,1-9H3/t25?,31?,32?,33-,34+,35?,36+,37+,38-,39-,40+/m1/s1. The van der Waals surface area contributed by atoms with Gasteiger partial charge in [-0.3, -0.25) is 19.2 Å². The number of rotatable bonds is 8. The molecule has 1 aromatic rings. The number of fused-ring (bicyclic) bond motifs is 5. The van der Waals surface area contributed by atoms with Gasteiger partial charge >= 0.3 is 23.9 Å². The molecule has 10 nitrogen and oxygen atoms in total. The first-order valence-electron chi connectivity index (χ1n) is 17.8. The summed E-state index contributed by atoms with van der Waals surface area (Å²) in [5.41, 5.74) is -1.19. The van der Waals surface area contributed by atoms with Crippen molar-refractivity contribution >= 4 is 23.9 Å². The van der Waals surface area contributed by atoms with Crippen LogP contribution in [0.1, 0.15) is 85.8 Å². The van der Waals surface area contributed by atoms with Crippen molar-refractivity contribution in [2.75, 3.05) is 13.2 Å². The van der Waals surface area contributed by atoms with Gasteiger partial charge in [0.1, 0.15) is 18.3 Å². The van der Waals surface area contributed by atoms with Crippen molar-refractivity contribution in [1.82, 2.24) is 0 Å². The van der Waals surface area contributed by atoms with Gasteiger partial charge in [0.15, 0.2) is 6.10 Å². The fourth-order valence-electron chi connectivity index (χ4n) is 10.8. The topological polar surface area (TPSA) is 135 Å². The first-order chi connectivity index (χ1) is 23.4. The third-order valence-electron chi connectivity index (χ3n) is 12.7. The van der Waals surface area contributed by atoms with Crippen LogP contribution in [0.3, 0.4) is 0 Å². The van der Waals surface area contributed by atoms with Crippen LogP contribution in [0.15, 0.2) is 48.1 Å². The fourth-order valence-corrected chi connectivity index (χ4v) is 10.8. The molecule has 274 valence electrons. The number of hydrogen-bond acceptors (Lipinski definition) is 10. The molecule has 4 unspecified atom stereocenters. The molecule has 0 spiro atoms. The van der Waals surface area contributed by atoms with Crippen molar-refractivity contribution in [2.45, 2.75) is 118 Å². The van der Waals surface area contributed by atoms with E-state index >= 15 is 0 Å². The molecule has 0 aromatic heterocycles. The summed E-state index contributed by atoms with van der Waals surface area (Å²) in [6.45, 7) is 15.5. The summed E-state index contributed by atoms with van der Waals surface area (Å²) in [5, 5.41) is 13.0. The molecular formula is C40H54O10. The van der Waals surface area contributed by atoms with Crippen LogP contribution in [-0.2, 0) is 49.3 Å². The van der Waals surface area contributed by atoms with Gasteiger partial charge in [0, 0.05) is 44.9 Å². The van der Waals surface area contributed by atoms with Crippen molar-refractivity contribution in [3.05, 3.63) is 59.2 Å². The second-order valence-electron chi connectivity index (χ2n) is 15.6. The third kappa shape index (κ3) is 6.20. The number of hydrogen-bond donors (Lipinski definition) is 1. The van der Waals surface area contributed by atoms with Crippen LogP contribution in [0.25, 0.3) is 0 Å². The van der Waals surface area contributed by atoms with Crippen molar-refractivity contribution in [1.29, 1.82) is 0 Å². The van der Waals surface area contributed by atoms with Crippen LogP contribution in [0, 0.1) is 40.9 Å². The minimum absolute atomic E-state index is 0.0596. The number of carbonyl (C=O) groups excluding carboxylic acids is 4. The molecule has 5 rings (SSSR count). The molecular weight excluding hydrogens is 640 g/mol. The summed E-state index contributed by atoms with van der Waals surface area (Å²) in [6, 6.07) is 8.13. The number of aliphatic hydroxyl groups is 1. The normalized spacial score (nSPS) is 38.2. The van der Waals surface area contributed by atoms with Gasteiger partial charge in [0.25, 0.3) is 0 Å². The Kier molecular flexibility index (Phi) is 10.5. The number of allylic oxidation sites excluding steroid dienone is 1. The van der Waals surface area contributed by atoms with E-state index in [9.17, 15) is 24.3 Å². The third-order valence-corrected chi connectivity index (χ3v) is 12.7. The second-order valence-corrected chi connectivity index (χ2v) is 15.6. The maximum atomic E-state index is 13.2. The van der Waals surface area contributed by atoms with Gasteiger partial charge in [-0.2, -0.15) is 0 Å². The zero-order chi connectivity index (χ0) is 36.8. The van der Waals surface area contributed by atoms with E-state index < -0.39 is 87.9 Å². The molecule has 3 aliphatic carbocycles. The number of aryl methyl sites for hydroxylation is 2. The second kappa shape index (κ2) is 13.9. The molecule has 0 saturated heterocycles. The predicted octanol–water partition coefficient (Wildman–Crippen LogP) is 5.61. The fraction of sp³-hybridized carbons (Fsp3) is 0.650. The lowest BCUT2D eigenvalue weighted by molar-refractivity contribution is -0.304. The Morgan fingerprint density at radius 3 is 2.24 bits per heavy atom. The summed E-state index contributed by atoms with van der Waals surface area (Å²) >= 11 is 0. The Hall–Kier alpha value is -3.50. The Balaban J connectivity index is 1.77. The molecule has 1 aromatic carbocycles. The number of benzene rings is 1. The molecule has 0 bridgehead atoms. The van der Waals surface area contributed by atoms with Crippen LogP contribution in [0.4, 0.5) is 0 Å². The lowest BCUT2D eigenvalue weighted by Crippen LogP contribution is -2.76. The van der Waals surface area contributed by atoms with Crippen molar-refractivity contribution < 1.29 is 48.0 Å². The Bertz CT molecular complexity index is 1560. The molecule has 10 heteroatoms. The molecule has 0 amide bonds. The smallest absolute Gasteiger partial charge is 0.303 e. The highest BCUT2D eigenvalue weighted by molar-refractivity contribution is 5.68. The van der Waals surface area contributed by atoms with Gasteiger partial charge in [-0.1, -0.05) is 50.3 Å². The van der Waals surface area contributed by atoms with Gasteiger partial charge in [-0.15, -0.1) is 0 Å². The highest BCUT2D eigenvalue weighted by Crippen LogP contribution is 2.72. The zero-order valence-electron chi connectivity index (χ0n) is 30.9. The molecule has 4 aliphatic rings. The molecule has 0 radical (unpaired) electrons. The molecule has 11 atom stereocenters. The first kappa shape index (κ1) is 37.7. The lowest BCUT2D eigenvalue weighted by Gasteiger charge is -2.71. The zero-order valence-corrected chi connectivity index (χ0v) is 30.9. The SMILES string of the molecule is CC(=O)OC(C)[C@]12COCC=CC1[C@]1(C)CCC3[C@@](C)(C1[C@H](OC(C)=O)[C@@H]2OC(C)=O)[C@H](OC(C)=O)C=C(C)[C@@]3(O)CCc1ccccc1C. The van der Waals surface area contributed by atoms with Crippen LogP contribution in [-0.4, -0.2) is 72.2 Å². The van der Waals surface area contributed by atoms with Crippen molar-refractivity contribution in [3.8, 4) is 0 Å². The van der Waals surface area contributed by atoms with Gasteiger partial charge in [0.2, 0.25) is 0 Å². The van der Waals surface area contributed by atoms with E-state index in [0.29, 0.717) is 25.7 Å².